The van der Waals surface area contributed by atoms with Gasteiger partial charge in [-0.15, -0.1) is 24.0 Å². The van der Waals surface area contributed by atoms with Crippen LogP contribution in [0, 0.1) is 0 Å². The predicted molar refractivity (Wildman–Crippen MR) is 115 cm³/mol. The number of hydrogen-bond acceptors (Lipinski definition) is 3. The Hall–Kier alpha value is -1.77. The van der Waals surface area contributed by atoms with Crippen LogP contribution in [0.15, 0.2) is 39.7 Å². The Morgan fingerprint density at radius 3 is 2.92 bits per heavy atom. The molecule has 1 aliphatic rings. The van der Waals surface area contributed by atoms with E-state index in [0.29, 0.717) is 6.42 Å². The number of amides is 1. The molecule has 142 valence electrons. The minimum absolute atomic E-state index is 0. The minimum atomic E-state index is 0. The van der Waals surface area contributed by atoms with Gasteiger partial charge in [-0.1, -0.05) is 25.1 Å². The lowest BCUT2D eigenvalue weighted by Crippen LogP contribution is -2.45. The van der Waals surface area contributed by atoms with Gasteiger partial charge in [0.15, 0.2) is 5.96 Å². The van der Waals surface area contributed by atoms with E-state index in [4.69, 9.17) is 4.42 Å². The molecule has 3 rings (SSSR count). The molecule has 1 saturated heterocycles. The van der Waals surface area contributed by atoms with E-state index in [1.54, 1.807) is 7.05 Å². The number of para-hydroxylation sites is 1. The van der Waals surface area contributed by atoms with E-state index in [1.165, 1.54) is 0 Å². The number of hydrogen-bond donors (Lipinski definition) is 2. The minimum Gasteiger partial charge on any atom is -0.461 e. The van der Waals surface area contributed by atoms with Crippen LogP contribution in [0.3, 0.4) is 0 Å². The summed E-state index contributed by atoms with van der Waals surface area (Å²) in [6.45, 7) is 4.21. The molecular weight excluding hydrogens is 443 g/mol. The van der Waals surface area contributed by atoms with E-state index in [2.05, 4.69) is 27.8 Å². The molecule has 2 heterocycles. The highest BCUT2D eigenvalue weighted by Gasteiger charge is 2.25. The van der Waals surface area contributed by atoms with Gasteiger partial charge in [0.1, 0.15) is 11.3 Å². The van der Waals surface area contributed by atoms with E-state index in [9.17, 15) is 4.79 Å². The Morgan fingerprint density at radius 1 is 1.38 bits per heavy atom. The lowest BCUT2D eigenvalue weighted by molar-refractivity contribution is -0.129. The summed E-state index contributed by atoms with van der Waals surface area (Å²) in [5.74, 6) is 1.95. The lowest BCUT2D eigenvalue weighted by Gasteiger charge is -2.18. The fourth-order valence-electron chi connectivity index (χ4n) is 3.18. The summed E-state index contributed by atoms with van der Waals surface area (Å²) in [6.07, 6.45) is 2.31. The Labute approximate surface area is 171 Å². The Morgan fingerprint density at radius 2 is 2.19 bits per heavy atom. The zero-order valence-electron chi connectivity index (χ0n) is 15.3. The van der Waals surface area contributed by atoms with Crippen LogP contribution in [0.4, 0.5) is 0 Å². The van der Waals surface area contributed by atoms with Gasteiger partial charge in [0.25, 0.3) is 0 Å². The fourth-order valence-corrected chi connectivity index (χ4v) is 3.18. The molecule has 1 aliphatic heterocycles. The van der Waals surface area contributed by atoms with Gasteiger partial charge in [-0.05, 0) is 18.6 Å². The number of fused-ring (bicyclic) bond motifs is 1. The van der Waals surface area contributed by atoms with Crippen molar-refractivity contribution in [1.29, 1.82) is 0 Å². The number of nitrogens with one attached hydrogen (secondary N) is 2. The van der Waals surface area contributed by atoms with Gasteiger partial charge in [0, 0.05) is 51.0 Å². The molecule has 1 aromatic heterocycles. The average Bonchev–Trinajstić information content (AvgIpc) is 3.26. The van der Waals surface area contributed by atoms with Crippen molar-refractivity contribution in [3.63, 3.8) is 0 Å². The second-order valence-corrected chi connectivity index (χ2v) is 6.32. The van der Waals surface area contributed by atoms with Crippen molar-refractivity contribution >= 4 is 46.8 Å². The van der Waals surface area contributed by atoms with Gasteiger partial charge in [-0.25, -0.2) is 0 Å². The molecular formula is C19H27IN4O2. The van der Waals surface area contributed by atoms with Crippen molar-refractivity contribution in [1.82, 2.24) is 15.5 Å². The van der Waals surface area contributed by atoms with E-state index in [0.717, 1.165) is 55.2 Å². The van der Waals surface area contributed by atoms with E-state index in [1.807, 2.05) is 30.0 Å². The number of likely N-dealkylation sites (tertiary alicyclic amines) is 1. The van der Waals surface area contributed by atoms with E-state index >= 15 is 0 Å². The standard InChI is InChI=1S/C19H26N4O2.HI/c1-3-18(24)23-11-9-15(13-23)22-19(20-2)21-10-8-16-12-14-6-4-5-7-17(14)25-16;/h4-7,12,15H,3,8-11,13H2,1-2H3,(H2,20,21,22);1H. The largest absolute Gasteiger partial charge is 0.461 e. The number of carbonyl (C=O) groups excluding carboxylic acids is 1. The number of nitrogens with zero attached hydrogens (tertiary/aromatic N) is 2. The number of carbonyl (C=O) groups is 1. The number of halogens is 1. The molecule has 6 nitrogen and oxygen atoms in total. The highest BCUT2D eigenvalue weighted by atomic mass is 127. The molecule has 0 aliphatic carbocycles. The molecule has 7 heteroatoms. The summed E-state index contributed by atoms with van der Waals surface area (Å²) >= 11 is 0. The van der Waals surface area contributed by atoms with Crippen molar-refractivity contribution in [2.45, 2.75) is 32.2 Å². The number of benzene rings is 1. The number of furan rings is 1. The smallest absolute Gasteiger partial charge is 0.222 e. The Balaban J connectivity index is 0.00000243. The first-order chi connectivity index (χ1) is 12.2. The summed E-state index contributed by atoms with van der Waals surface area (Å²) < 4.78 is 5.83. The third-order valence-corrected chi connectivity index (χ3v) is 4.55. The summed E-state index contributed by atoms with van der Waals surface area (Å²) in [6, 6.07) is 10.4. The lowest BCUT2D eigenvalue weighted by atomic mass is 10.2. The zero-order valence-corrected chi connectivity index (χ0v) is 17.7. The van der Waals surface area contributed by atoms with Crippen molar-refractivity contribution in [3.05, 3.63) is 36.1 Å². The first-order valence-corrected chi connectivity index (χ1v) is 8.92. The van der Waals surface area contributed by atoms with Gasteiger partial charge in [0.2, 0.25) is 5.91 Å². The summed E-state index contributed by atoms with van der Waals surface area (Å²) in [5.41, 5.74) is 0.923. The van der Waals surface area contributed by atoms with Gasteiger partial charge in [-0.3, -0.25) is 9.79 Å². The maximum Gasteiger partial charge on any atom is 0.222 e. The van der Waals surface area contributed by atoms with Gasteiger partial charge in [0.05, 0.1) is 0 Å². The molecule has 1 fully saturated rings. The summed E-state index contributed by atoms with van der Waals surface area (Å²) in [7, 11) is 1.76. The van der Waals surface area contributed by atoms with Gasteiger partial charge in [-0.2, -0.15) is 0 Å². The summed E-state index contributed by atoms with van der Waals surface area (Å²) in [4.78, 5) is 18.0. The van der Waals surface area contributed by atoms with Crippen molar-refractivity contribution < 1.29 is 9.21 Å². The molecule has 0 radical (unpaired) electrons. The third kappa shape index (κ3) is 5.12. The normalized spacial score (nSPS) is 17.2. The third-order valence-electron chi connectivity index (χ3n) is 4.55. The number of guanidine groups is 1. The first-order valence-electron chi connectivity index (χ1n) is 8.92. The van der Waals surface area contributed by atoms with E-state index < -0.39 is 0 Å². The quantitative estimate of drug-likeness (QED) is 0.401. The molecule has 1 atom stereocenters. The van der Waals surface area contributed by atoms with Crippen LogP contribution < -0.4 is 10.6 Å². The zero-order chi connectivity index (χ0) is 17.6. The second kappa shape index (κ2) is 9.80. The molecule has 1 unspecified atom stereocenters. The summed E-state index contributed by atoms with van der Waals surface area (Å²) in [5, 5.41) is 7.86. The molecule has 2 aromatic rings. The SMILES string of the molecule is CCC(=O)N1CCC(NC(=NC)NCCc2cc3ccccc3o2)C1.I. The fraction of sp³-hybridized carbons (Fsp3) is 0.474. The van der Waals surface area contributed by atoms with Gasteiger partial charge < -0.3 is 20.0 Å². The molecule has 1 amide bonds. The van der Waals surface area contributed by atoms with Crippen LogP contribution >= 0.6 is 24.0 Å². The Bertz CT molecular complexity index is 726. The van der Waals surface area contributed by atoms with E-state index in [-0.39, 0.29) is 35.9 Å². The van der Waals surface area contributed by atoms with Crippen LogP contribution in [0.1, 0.15) is 25.5 Å². The number of rotatable bonds is 5. The molecule has 1 aromatic carbocycles. The molecule has 0 bridgehead atoms. The highest BCUT2D eigenvalue weighted by molar-refractivity contribution is 14.0. The monoisotopic (exact) mass is 470 g/mol. The second-order valence-electron chi connectivity index (χ2n) is 6.32. The average molecular weight is 470 g/mol. The predicted octanol–water partition coefficient (Wildman–Crippen LogP) is 2.77. The van der Waals surface area contributed by atoms with Crippen LogP contribution in [0.2, 0.25) is 0 Å². The molecule has 26 heavy (non-hydrogen) atoms. The Kier molecular flexibility index (Phi) is 7.74. The van der Waals surface area contributed by atoms with Crippen LogP contribution in [-0.4, -0.2) is 49.5 Å². The van der Waals surface area contributed by atoms with Crippen LogP contribution in [-0.2, 0) is 11.2 Å². The number of aliphatic imine (C=N–C) groups is 1. The van der Waals surface area contributed by atoms with Crippen LogP contribution in [0.25, 0.3) is 11.0 Å². The molecule has 0 saturated carbocycles. The maximum atomic E-state index is 11.8. The van der Waals surface area contributed by atoms with Gasteiger partial charge >= 0.3 is 0 Å². The maximum absolute atomic E-state index is 11.8. The van der Waals surface area contributed by atoms with Crippen molar-refractivity contribution in [3.8, 4) is 0 Å². The van der Waals surface area contributed by atoms with Crippen LogP contribution in [0.5, 0.6) is 0 Å². The first kappa shape index (κ1) is 20.5. The molecule has 2 N–H and O–H groups in total. The molecule has 0 spiro atoms. The van der Waals surface area contributed by atoms with Crippen molar-refractivity contribution in [2.75, 3.05) is 26.7 Å². The van der Waals surface area contributed by atoms with Crippen molar-refractivity contribution in [2.24, 2.45) is 4.99 Å². The highest BCUT2D eigenvalue weighted by Crippen LogP contribution is 2.18. The topological polar surface area (TPSA) is 69.9 Å².